The zero-order chi connectivity index (χ0) is 8.43. The minimum absolute atomic E-state index is 0.345. The van der Waals surface area contributed by atoms with Gasteiger partial charge in [0.15, 0.2) is 0 Å². The zero-order valence-corrected chi connectivity index (χ0v) is 7.56. The number of hydrogen-bond donors (Lipinski definition) is 1. The van der Waals surface area contributed by atoms with Gasteiger partial charge in [0.1, 0.15) is 0 Å². The van der Waals surface area contributed by atoms with E-state index in [1.165, 1.54) is 12.1 Å². The topological polar surface area (TPSA) is 35.8 Å². The average molecular weight is 210 g/mol. The smallest absolute Gasteiger partial charge is 0.0875 e. The van der Waals surface area contributed by atoms with Crippen molar-refractivity contribution in [2.45, 2.75) is 0 Å². The monoisotopic (exact) mass is 209 g/mol. The molecule has 0 heterocycles. The van der Waals surface area contributed by atoms with Gasteiger partial charge >= 0.3 is 0 Å². The number of benzene rings is 1. The lowest BCUT2D eigenvalue weighted by Crippen LogP contribution is -1.93. The van der Waals surface area contributed by atoms with E-state index in [4.69, 9.17) is 40.6 Å². The first kappa shape index (κ1) is 8.94. The summed E-state index contributed by atoms with van der Waals surface area (Å²) in [5, 5.41) is 1.15. The van der Waals surface area contributed by atoms with Crippen molar-refractivity contribution < 1.29 is 0 Å². The summed E-state index contributed by atoms with van der Waals surface area (Å²) >= 11 is 17.0. The van der Waals surface area contributed by atoms with E-state index in [0.29, 0.717) is 20.8 Å². The lowest BCUT2D eigenvalue weighted by Gasteiger charge is -2.04. The lowest BCUT2D eigenvalue weighted by atomic mass is 10.3. The molecule has 0 aromatic heterocycles. The molecule has 2 N–H and O–H groups in total. The summed E-state index contributed by atoms with van der Waals surface area (Å²) in [6.07, 6.45) is 0. The molecule has 0 aliphatic rings. The van der Waals surface area contributed by atoms with Crippen LogP contribution in [0.5, 0.6) is 0 Å². The van der Waals surface area contributed by atoms with E-state index in [1.807, 2.05) is 0 Å². The van der Waals surface area contributed by atoms with Gasteiger partial charge in [-0.25, -0.2) is 0 Å². The van der Waals surface area contributed by atoms with E-state index in [-0.39, 0.29) is 0 Å². The molecule has 2 nitrogen and oxygen atoms in total. The van der Waals surface area contributed by atoms with Crippen LogP contribution in [0, 0.1) is 0 Å². The molecule has 0 spiro atoms. The summed E-state index contributed by atoms with van der Waals surface area (Å²) in [6, 6.07) is 3.04. The average Bonchev–Trinajstić information content (AvgIpc) is 1.85. The van der Waals surface area contributed by atoms with Crippen LogP contribution in [-0.2, 0) is 0 Å². The molecule has 1 aromatic carbocycles. The van der Waals surface area contributed by atoms with Crippen LogP contribution < -0.4 is 11.3 Å². The van der Waals surface area contributed by atoms with Crippen LogP contribution in [0.3, 0.4) is 0 Å². The van der Waals surface area contributed by atoms with Crippen molar-refractivity contribution >= 4 is 40.5 Å². The number of rotatable bonds is 1. The molecule has 0 fully saturated rings. The van der Waals surface area contributed by atoms with Crippen molar-refractivity contribution in [1.82, 2.24) is 5.84 Å². The normalized spacial score (nSPS) is 9.82. The van der Waals surface area contributed by atoms with E-state index in [9.17, 15) is 0 Å². The highest BCUT2D eigenvalue weighted by Gasteiger charge is 2.05. The summed E-state index contributed by atoms with van der Waals surface area (Å²) in [5.41, 5.74) is 2.49. The van der Waals surface area contributed by atoms with E-state index in [2.05, 4.69) is 5.43 Å². The molecule has 0 aliphatic carbocycles. The SMILES string of the molecule is [NH]Nc1c(Cl)cc(Cl)cc1Cl. The standard InChI is InChI=1S/C6H4Cl3N2/c7-3-1-4(8)6(11-10)5(9)2-3/h1-2,10-11H. The van der Waals surface area contributed by atoms with Gasteiger partial charge in [-0.3, -0.25) is 0 Å². The van der Waals surface area contributed by atoms with Gasteiger partial charge in [0.05, 0.1) is 15.7 Å². The van der Waals surface area contributed by atoms with Crippen LogP contribution in [0.25, 0.3) is 0 Å². The fraction of sp³-hybridized carbons (Fsp3) is 0. The van der Waals surface area contributed by atoms with Crippen molar-refractivity contribution in [1.29, 1.82) is 0 Å². The lowest BCUT2D eigenvalue weighted by molar-refractivity contribution is 1.29. The van der Waals surface area contributed by atoms with Crippen molar-refractivity contribution in [3.63, 3.8) is 0 Å². The quantitative estimate of drug-likeness (QED) is 0.710. The maximum atomic E-state index is 6.83. The van der Waals surface area contributed by atoms with Crippen LogP contribution in [0.4, 0.5) is 5.69 Å². The predicted octanol–water partition coefficient (Wildman–Crippen LogP) is 3.26. The molecule has 5 heteroatoms. The Morgan fingerprint density at radius 3 is 1.91 bits per heavy atom. The third kappa shape index (κ3) is 1.91. The van der Waals surface area contributed by atoms with Crippen LogP contribution in [0.1, 0.15) is 0 Å². The maximum absolute atomic E-state index is 6.83. The van der Waals surface area contributed by atoms with Gasteiger partial charge in [0.2, 0.25) is 0 Å². The van der Waals surface area contributed by atoms with E-state index >= 15 is 0 Å². The molecule has 59 valence electrons. The highest BCUT2D eigenvalue weighted by molar-refractivity contribution is 6.41. The minimum Gasteiger partial charge on any atom is -0.304 e. The summed E-state index contributed by atoms with van der Waals surface area (Å²) in [7, 11) is 0. The van der Waals surface area contributed by atoms with E-state index in [0.717, 1.165) is 0 Å². The second kappa shape index (κ2) is 3.50. The van der Waals surface area contributed by atoms with Gasteiger partial charge in [0, 0.05) is 5.02 Å². The molecule has 0 atom stereocenters. The number of nitrogens with one attached hydrogen (secondary N) is 2. The van der Waals surface area contributed by atoms with Gasteiger partial charge in [-0.2, -0.15) is 5.84 Å². The molecule has 11 heavy (non-hydrogen) atoms. The Hall–Kier alpha value is -0.150. The summed E-state index contributed by atoms with van der Waals surface area (Å²) in [5.74, 6) is 6.83. The Balaban J connectivity index is 3.25. The Morgan fingerprint density at radius 2 is 1.55 bits per heavy atom. The zero-order valence-electron chi connectivity index (χ0n) is 5.29. The molecule has 0 bridgehead atoms. The van der Waals surface area contributed by atoms with Crippen LogP contribution in [-0.4, -0.2) is 0 Å². The highest BCUT2D eigenvalue weighted by atomic mass is 35.5. The fourth-order valence-electron chi connectivity index (χ4n) is 0.662. The molecule has 1 rings (SSSR count). The molecule has 0 unspecified atom stereocenters. The summed E-state index contributed by atoms with van der Waals surface area (Å²) < 4.78 is 0. The first-order valence-corrected chi connectivity index (χ1v) is 3.86. The first-order valence-electron chi connectivity index (χ1n) is 2.72. The van der Waals surface area contributed by atoms with Gasteiger partial charge in [-0.05, 0) is 12.1 Å². The van der Waals surface area contributed by atoms with Crippen LogP contribution in [0.2, 0.25) is 15.1 Å². The number of anilines is 1. The molecule has 0 amide bonds. The molecule has 0 saturated carbocycles. The summed E-state index contributed by atoms with van der Waals surface area (Å²) in [6.45, 7) is 0. The maximum Gasteiger partial charge on any atom is 0.0875 e. The molecule has 1 radical (unpaired) electrons. The Kier molecular flexibility index (Phi) is 2.84. The third-order valence-corrected chi connectivity index (χ3v) is 1.95. The highest BCUT2D eigenvalue weighted by Crippen LogP contribution is 2.32. The van der Waals surface area contributed by atoms with Crippen LogP contribution in [0.15, 0.2) is 12.1 Å². The van der Waals surface area contributed by atoms with Crippen molar-refractivity contribution in [2.24, 2.45) is 0 Å². The second-order valence-corrected chi connectivity index (χ2v) is 3.12. The number of halogens is 3. The first-order chi connectivity index (χ1) is 5.15. The van der Waals surface area contributed by atoms with Crippen molar-refractivity contribution in [3.05, 3.63) is 27.2 Å². The van der Waals surface area contributed by atoms with Gasteiger partial charge in [0.25, 0.3) is 0 Å². The fourth-order valence-corrected chi connectivity index (χ4v) is 1.57. The Labute approximate surface area is 79.2 Å². The molecule has 0 aliphatic heterocycles. The van der Waals surface area contributed by atoms with Gasteiger partial charge in [-0.1, -0.05) is 34.8 Å². The van der Waals surface area contributed by atoms with Crippen molar-refractivity contribution in [3.8, 4) is 0 Å². The molecular formula is C6H4Cl3N2. The molecular weight excluding hydrogens is 206 g/mol. The predicted molar refractivity (Wildman–Crippen MR) is 48.2 cm³/mol. The second-order valence-electron chi connectivity index (χ2n) is 1.87. The van der Waals surface area contributed by atoms with Gasteiger partial charge in [-0.15, -0.1) is 0 Å². The van der Waals surface area contributed by atoms with Crippen molar-refractivity contribution in [2.75, 3.05) is 5.43 Å². The Morgan fingerprint density at radius 1 is 1.09 bits per heavy atom. The van der Waals surface area contributed by atoms with E-state index < -0.39 is 0 Å². The number of hydrogen-bond acceptors (Lipinski definition) is 1. The van der Waals surface area contributed by atoms with E-state index in [1.54, 1.807) is 0 Å². The minimum atomic E-state index is 0.345. The molecule has 1 aromatic rings. The summed E-state index contributed by atoms with van der Waals surface area (Å²) in [4.78, 5) is 0. The third-order valence-electron chi connectivity index (χ3n) is 1.13. The van der Waals surface area contributed by atoms with Crippen LogP contribution >= 0.6 is 34.8 Å². The molecule has 0 saturated heterocycles. The largest absolute Gasteiger partial charge is 0.304 e. The van der Waals surface area contributed by atoms with Gasteiger partial charge < -0.3 is 5.43 Å². The Bertz CT molecular complexity index is 252.